The summed E-state index contributed by atoms with van der Waals surface area (Å²) in [5.74, 6) is 0.491. The number of anilines is 2. The Morgan fingerprint density at radius 2 is 2.00 bits per heavy atom. The molecule has 2 aliphatic rings. The van der Waals surface area contributed by atoms with Crippen molar-refractivity contribution in [2.45, 2.75) is 39.2 Å². The summed E-state index contributed by atoms with van der Waals surface area (Å²) in [5, 5.41) is 7.19. The molecule has 2 aliphatic heterocycles. The Hall–Kier alpha value is -3.92. The Labute approximate surface area is 215 Å². The van der Waals surface area contributed by atoms with Gasteiger partial charge in [-0.05, 0) is 58.3 Å². The first-order valence-corrected chi connectivity index (χ1v) is 12.6. The highest BCUT2D eigenvalue weighted by molar-refractivity contribution is 6.18. The maximum atomic E-state index is 13.1. The molecule has 37 heavy (non-hydrogen) atoms. The van der Waals surface area contributed by atoms with Crippen LogP contribution in [-0.4, -0.2) is 70.4 Å². The fourth-order valence-electron chi connectivity index (χ4n) is 5.24. The van der Waals surface area contributed by atoms with Crippen LogP contribution in [0.25, 0.3) is 11.0 Å². The third kappa shape index (κ3) is 4.76. The monoisotopic (exact) mass is 503 g/mol. The first kappa shape index (κ1) is 24.8. The van der Waals surface area contributed by atoms with Gasteiger partial charge in [-0.25, -0.2) is 5.10 Å². The zero-order valence-corrected chi connectivity index (χ0v) is 21.3. The topological polar surface area (TPSA) is 147 Å². The summed E-state index contributed by atoms with van der Waals surface area (Å²) >= 11 is 0. The number of nitrogens with two attached hydrogens (primary N) is 2. The third-order valence-electron chi connectivity index (χ3n) is 7.27. The number of H-pyrrole nitrogens is 1. The number of furan rings is 1. The number of likely N-dealkylation sites (tertiary alicyclic amines) is 2. The van der Waals surface area contributed by atoms with Gasteiger partial charge < -0.3 is 20.8 Å². The fraction of sp³-hybridized carbons (Fsp3) is 0.407. The van der Waals surface area contributed by atoms with E-state index in [-0.39, 0.29) is 29.0 Å². The molecule has 10 heteroatoms. The van der Waals surface area contributed by atoms with E-state index in [2.05, 4.69) is 21.7 Å². The molecular weight excluding hydrogens is 470 g/mol. The van der Waals surface area contributed by atoms with E-state index >= 15 is 0 Å². The minimum Gasteiger partial charge on any atom is -0.454 e. The largest absolute Gasteiger partial charge is 0.454 e. The van der Waals surface area contributed by atoms with Crippen LogP contribution in [-0.2, 0) is 4.79 Å². The van der Waals surface area contributed by atoms with Gasteiger partial charge in [0.05, 0.1) is 11.6 Å². The molecule has 2 saturated heterocycles. The van der Waals surface area contributed by atoms with E-state index in [1.807, 2.05) is 32.0 Å². The van der Waals surface area contributed by atoms with Crippen LogP contribution < -0.4 is 17.0 Å². The number of fused-ring (bicyclic) bond motifs is 1. The molecule has 4 heterocycles. The molecule has 1 atom stereocenters. The van der Waals surface area contributed by atoms with E-state index in [1.165, 1.54) is 0 Å². The molecule has 2 fully saturated rings. The molecule has 5 N–H and O–H groups in total. The summed E-state index contributed by atoms with van der Waals surface area (Å²) in [5.41, 5.74) is 15.6. The van der Waals surface area contributed by atoms with Gasteiger partial charge in [-0.3, -0.25) is 19.5 Å². The highest BCUT2D eigenvalue weighted by Crippen LogP contribution is 2.31. The van der Waals surface area contributed by atoms with Crippen molar-refractivity contribution in [1.82, 2.24) is 20.0 Å². The Balaban J connectivity index is 1.49. The van der Waals surface area contributed by atoms with Gasteiger partial charge in [-0.15, -0.1) is 0 Å². The first-order valence-electron chi connectivity index (χ1n) is 12.6. The number of carbonyl (C=O) groups excluding carboxylic acids is 1. The Kier molecular flexibility index (Phi) is 6.59. The van der Waals surface area contributed by atoms with Crippen molar-refractivity contribution in [2.75, 3.05) is 44.2 Å². The molecule has 1 amide bonds. The van der Waals surface area contributed by atoms with Crippen molar-refractivity contribution in [1.29, 1.82) is 0 Å². The van der Waals surface area contributed by atoms with Gasteiger partial charge in [-0.1, -0.05) is 18.2 Å². The summed E-state index contributed by atoms with van der Waals surface area (Å²) in [6.07, 6.45) is 2.98. The SMILES string of the molecule is C=C(CN1CCCC1)C(=O)N1CCC(N=C(c2oc3ccc(C)cc3c2C)c2c(N)n[nH]c(=O)c2N)C1. The number of hydrogen-bond acceptors (Lipinski definition) is 8. The Bertz CT molecular complexity index is 1460. The van der Waals surface area contributed by atoms with Crippen molar-refractivity contribution in [3.8, 4) is 0 Å². The number of benzene rings is 1. The van der Waals surface area contributed by atoms with Crippen molar-refractivity contribution < 1.29 is 9.21 Å². The van der Waals surface area contributed by atoms with E-state index in [0.717, 1.165) is 42.4 Å². The molecule has 194 valence electrons. The second kappa shape index (κ2) is 9.85. The van der Waals surface area contributed by atoms with E-state index in [9.17, 15) is 9.59 Å². The molecule has 0 spiro atoms. The van der Waals surface area contributed by atoms with Gasteiger partial charge in [0.2, 0.25) is 0 Å². The molecule has 0 bridgehead atoms. The van der Waals surface area contributed by atoms with Crippen molar-refractivity contribution >= 4 is 34.1 Å². The zero-order chi connectivity index (χ0) is 26.3. The summed E-state index contributed by atoms with van der Waals surface area (Å²) in [7, 11) is 0. The molecule has 1 aromatic carbocycles. The van der Waals surface area contributed by atoms with Gasteiger partial charge in [0, 0.05) is 36.2 Å². The fourth-order valence-corrected chi connectivity index (χ4v) is 5.24. The van der Waals surface area contributed by atoms with Crippen molar-refractivity contribution in [2.24, 2.45) is 4.99 Å². The molecule has 1 unspecified atom stereocenters. The molecule has 10 nitrogen and oxygen atoms in total. The maximum absolute atomic E-state index is 13.1. The average molecular weight is 504 g/mol. The lowest BCUT2D eigenvalue weighted by atomic mass is 10.0. The van der Waals surface area contributed by atoms with Crippen LogP contribution in [0.3, 0.4) is 0 Å². The van der Waals surface area contributed by atoms with E-state index in [1.54, 1.807) is 4.90 Å². The van der Waals surface area contributed by atoms with Crippen LogP contribution in [0.2, 0.25) is 0 Å². The van der Waals surface area contributed by atoms with E-state index in [0.29, 0.717) is 48.7 Å². The summed E-state index contributed by atoms with van der Waals surface area (Å²) in [6, 6.07) is 5.69. The van der Waals surface area contributed by atoms with E-state index in [4.69, 9.17) is 20.9 Å². The number of amides is 1. The number of nitrogen functional groups attached to an aromatic ring is 2. The molecule has 5 rings (SSSR count). The quantitative estimate of drug-likeness (QED) is 0.346. The van der Waals surface area contributed by atoms with Crippen LogP contribution in [0.1, 0.15) is 41.7 Å². The number of aromatic amines is 1. The lowest BCUT2D eigenvalue weighted by Crippen LogP contribution is -2.34. The number of carbonyl (C=O) groups is 1. The van der Waals surface area contributed by atoms with Crippen LogP contribution in [0, 0.1) is 13.8 Å². The predicted molar refractivity (Wildman–Crippen MR) is 145 cm³/mol. The van der Waals surface area contributed by atoms with E-state index < -0.39 is 5.56 Å². The second-order valence-electron chi connectivity index (χ2n) is 10.0. The predicted octanol–water partition coefficient (Wildman–Crippen LogP) is 2.39. The molecule has 3 aromatic rings. The van der Waals surface area contributed by atoms with Gasteiger partial charge in [0.15, 0.2) is 11.6 Å². The molecule has 2 aromatic heterocycles. The Morgan fingerprint density at radius 3 is 2.76 bits per heavy atom. The highest BCUT2D eigenvalue weighted by Gasteiger charge is 2.31. The maximum Gasteiger partial charge on any atom is 0.288 e. The number of rotatable bonds is 6. The summed E-state index contributed by atoms with van der Waals surface area (Å²) in [4.78, 5) is 34.5. The third-order valence-corrected chi connectivity index (χ3v) is 7.27. The number of aliphatic imine (C=N–C) groups is 1. The zero-order valence-electron chi connectivity index (χ0n) is 21.3. The van der Waals surface area contributed by atoms with Gasteiger partial charge in [0.25, 0.3) is 11.5 Å². The average Bonchev–Trinajstić information content (AvgIpc) is 3.62. The molecule has 0 saturated carbocycles. The Morgan fingerprint density at radius 1 is 1.24 bits per heavy atom. The van der Waals surface area contributed by atoms with Crippen LogP contribution in [0.15, 0.2) is 44.6 Å². The molecular formula is C27H33N7O3. The van der Waals surface area contributed by atoms with Gasteiger partial charge in [-0.2, -0.15) is 5.10 Å². The second-order valence-corrected chi connectivity index (χ2v) is 10.0. The summed E-state index contributed by atoms with van der Waals surface area (Å²) < 4.78 is 6.24. The van der Waals surface area contributed by atoms with Gasteiger partial charge in [0.1, 0.15) is 17.0 Å². The minimum absolute atomic E-state index is 0.0432. The lowest BCUT2D eigenvalue weighted by molar-refractivity contribution is -0.126. The summed E-state index contributed by atoms with van der Waals surface area (Å²) in [6.45, 7) is 11.6. The van der Waals surface area contributed by atoms with Crippen LogP contribution in [0.4, 0.5) is 11.5 Å². The molecule has 0 aliphatic carbocycles. The number of aromatic nitrogens is 2. The van der Waals surface area contributed by atoms with Gasteiger partial charge >= 0.3 is 0 Å². The number of hydrogen-bond donors (Lipinski definition) is 3. The minimum atomic E-state index is -0.553. The smallest absolute Gasteiger partial charge is 0.288 e. The number of nitrogens with one attached hydrogen (secondary N) is 1. The standard InChI is InChI=1S/C27H33N7O3/c1-15-6-7-20-19(12-15)17(3)24(37-20)23(21-22(28)26(35)32-31-25(21)29)30-18-8-11-34(14-18)27(36)16(2)13-33-9-4-5-10-33/h6-7,12,18H,2,4-5,8-11,13-14H2,1,3H3,(H,32,35)(H4,28,29,31). The first-order chi connectivity index (χ1) is 17.7. The number of aryl methyl sites for hydroxylation is 2. The molecule has 0 radical (unpaired) electrons. The van der Waals surface area contributed by atoms with Crippen LogP contribution in [0.5, 0.6) is 0 Å². The van der Waals surface area contributed by atoms with Crippen molar-refractivity contribution in [3.05, 3.63) is 63.2 Å². The highest BCUT2D eigenvalue weighted by atomic mass is 16.3. The van der Waals surface area contributed by atoms with Crippen molar-refractivity contribution in [3.63, 3.8) is 0 Å². The number of nitrogens with zero attached hydrogens (tertiary/aromatic N) is 4. The van der Waals surface area contributed by atoms with Crippen LogP contribution >= 0.6 is 0 Å². The lowest BCUT2D eigenvalue weighted by Gasteiger charge is -2.21. The normalized spacial score (nSPS) is 18.7.